The molecule has 1 aromatic carbocycles. The predicted octanol–water partition coefficient (Wildman–Crippen LogP) is 5.13. The highest BCUT2D eigenvalue weighted by molar-refractivity contribution is 7.13. The molecule has 31 heavy (non-hydrogen) atoms. The number of thiophene rings is 1. The lowest BCUT2D eigenvalue weighted by molar-refractivity contribution is 0.0877. The Morgan fingerprint density at radius 3 is 2.97 bits per heavy atom. The van der Waals surface area contributed by atoms with Gasteiger partial charge in [0.05, 0.1) is 29.1 Å². The van der Waals surface area contributed by atoms with Gasteiger partial charge in [-0.05, 0) is 48.9 Å². The van der Waals surface area contributed by atoms with Crippen LogP contribution in [0, 0.1) is 0 Å². The Labute approximate surface area is 188 Å². The molecule has 9 heteroatoms. The molecule has 3 aromatic rings. The average molecular weight is 457 g/mol. The van der Waals surface area contributed by atoms with Crippen molar-refractivity contribution in [3.63, 3.8) is 0 Å². The Bertz CT molecular complexity index is 1120. The second kappa shape index (κ2) is 8.45. The summed E-state index contributed by atoms with van der Waals surface area (Å²) in [7, 11) is 0. The predicted molar refractivity (Wildman–Crippen MR) is 119 cm³/mol. The van der Waals surface area contributed by atoms with Crippen molar-refractivity contribution >= 4 is 34.5 Å². The third-order valence-electron chi connectivity index (χ3n) is 5.59. The molecule has 0 spiro atoms. The number of carbonyl (C=O) groups excluding carboxylic acids is 1. The number of nitrogens with one attached hydrogen (secondary N) is 1. The summed E-state index contributed by atoms with van der Waals surface area (Å²) in [6.45, 7) is 3.12. The highest BCUT2D eigenvalue weighted by atomic mass is 35.5. The van der Waals surface area contributed by atoms with Crippen molar-refractivity contribution in [2.45, 2.75) is 31.9 Å². The second-order valence-electron chi connectivity index (χ2n) is 7.58. The lowest BCUT2D eigenvalue weighted by atomic mass is 9.94. The number of halogens is 1. The summed E-state index contributed by atoms with van der Waals surface area (Å²) >= 11 is 7.78. The van der Waals surface area contributed by atoms with E-state index in [2.05, 4.69) is 15.5 Å². The zero-order valence-electron chi connectivity index (χ0n) is 16.9. The number of ether oxygens (including phenoxy) is 1. The lowest BCUT2D eigenvalue weighted by Gasteiger charge is -2.36. The highest BCUT2D eigenvalue weighted by Gasteiger charge is 2.37. The molecule has 4 heterocycles. The monoisotopic (exact) mass is 456 g/mol. The van der Waals surface area contributed by atoms with Gasteiger partial charge in [-0.2, -0.15) is 4.98 Å². The fourth-order valence-electron chi connectivity index (χ4n) is 4.05. The van der Waals surface area contributed by atoms with Crippen LogP contribution in [-0.4, -0.2) is 40.3 Å². The van der Waals surface area contributed by atoms with Crippen LogP contribution in [0.25, 0.3) is 16.3 Å². The largest absolute Gasteiger partial charge is 0.376 e. The normalized spacial score (nSPS) is 21.6. The number of urea groups is 1. The standard InChI is InChI=1S/C22H21ClN4O3S/c1-13-18(21-25-20(26-30-21)17-8-4-10-31-17)19(14-5-2-6-15(23)11-14)24-22(28)27(13)12-16-7-3-9-29-16/h2,4-6,8,10-11,16,19H,3,7,9,12H2,1H3,(H,24,28). The Hall–Kier alpha value is -2.68. The number of benzene rings is 1. The maximum atomic E-state index is 13.1. The molecule has 0 saturated carbocycles. The van der Waals surface area contributed by atoms with E-state index in [0.717, 1.165) is 41.2 Å². The van der Waals surface area contributed by atoms with Crippen molar-refractivity contribution in [1.82, 2.24) is 20.4 Å². The molecular weight excluding hydrogens is 436 g/mol. The van der Waals surface area contributed by atoms with E-state index in [1.807, 2.05) is 42.6 Å². The minimum atomic E-state index is -0.455. The molecule has 2 amide bonds. The molecule has 2 aliphatic rings. The van der Waals surface area contributed by atoms with Crippen LogP contribution in [0.3, 0.4) is 0 Å². The van der Waals surface area contributed by atoms with Crippen LogP contribution in [0.4, 0.5) is 4.79 Å². The second-order valence-corrected chi connectivity index (χ2v) is 8.97. The van der Waals surface area contributed by atoms with Gasteiger partial charge in [0.1, 0.15) is 0 Å². The molecule has 1 saturated heterocycles. The highest BCUT2D eigenvalue weighted by Crippen LogP contribution is 2.38. The summed E-state index contributed by atoms with van der Waals surface area (Å²) in [5.41, 5.74) is 2.38. The van der Waals surface area contributed by atoms with Gasteiger partial charge in [-0.25, -0.2) is 4.79 Å². The first-order valence-corrected chi connectivity index (χ1v) is 11.4. The van der Waals surface area contributed by atoms with Gasteiger partial charge in [0.25, 0.3) is 5.89 Å². The summed E-state index contributed by atoms with van der Waals surface area (Å²) in [4.78, 5) is 20.3. The Morgan fingerprint density at radius 1 is 1.32 bits per heavy atom. The van der Waals surface area contributed by atoms with Gasteiger partial charge < -0.3 is 14.6 Å². The molecule has 0 aliphatic carbocycles. The van der Waals surface area contributed by atoms with E-state index in [9.17, 15) is 4.79 Å². The maximum Gasteiger partial charge on any atom is 0.322 e. The number of amides is 2. The van der Waals surface area contributed by atoms with Crippen LogP contribution in [0.15, 0.2) is 52.0 Å². The van der Waals surface area contributed by atoms with Crippen LogP contribution in [0.1, 0.15) is 37.3 Å². The zero-order chi connectivity index (χ0) is 21.4. The van der Waals surface area contributed by atoms with Crippen LogP contribution >= 0.6 is 22.9 Å². The molecule has 5 rings (SSSR count). The summed E-state index contributed by atoms with van der Waals surface area (Å²) in [5.74, 6) is 0.904. The third-order valence-corrected chi connectivity index (χ3v) is 6.69. The lowest BCUT2D eigenvalue weighted by Crippen LogP contribution is -2.48. The first-order chi connectivity index (χ1) is 15.1. The van der Waals surface area contributed by atoms with Crippen LogP contribution in [0.5, 0.6) is 0 Å². The van der Waals surface area contributed by atoms with Crippen molar-refractivity contribution in [1.29, 1.82) is 0 Å². The molecule has 0 radical (unpaired) electrons. The third kappa shape index (κ3) is 3.98. The molecule has 2 aliphatic heterocycles. The SMILES string of the molecule is CC1=C(c2nc(-c3cccs3)no2)C(c2cccc(Cl)c2)NC(=O)N1CC1CCCO1. The average Bonchev–Trinajstić information content (AvgIpc) is 3.53. The van der Waals surface area contributed by atoms with Gasteiger partial charge in [0.2, 0.25) is 5.82 Å². The van der Waals surface area contributed by atoms with Crippen molar-refractivity contribution in [2.24, 2.45) is 0 Å². The molecule has 7 nitrogen and oxygen atoms in total. The molecule has 160 valence electrons. The summed E-state index contributed by atoms with van der Waals surface area (Å²) < 4.78 is 11.4. The maximum absolute atomic E-state index is 13.1. The van der Waals surface area contributed by atoms with Crippen molar-refractivity contribution in [2.75, 3.05) is 13.2 Å². The van der Waals surface area contributed by atoms with E-state index in [4.69, 9.17) is 20.9 Å². The van der Waals surface area contributed by atoms with Crippen molar-refractivity contribution in [3.8, 4) is 10.7 Å². The van der Waals surface area contributed by atoms with Crippen LogP contribution in [0.2, 0.25) is 5.02 Å². The molecule has 0 bridgehead atoms. The van der Waals surface area contributed by atoms with Gasteiger partial charge in [0.15, 0.2) is 0 Å². The molecule has 1 N–H and O–H groups in total. The van der Waals surface area contributed by atoms with E-state index in [1.165, 1.54) is 0 Å². The molecule has 2 aromatic heterocycles. The van der Waals surface area contributed by atoms with Gasteiger partial charge in [0, 0.05) is 17.3 Å². The fourth-order valence-corrected chi connectivity index (χ4v) is 4.89. The number of hydrogen-bond acceptors (Lipinski definition) is 6. The van der Waals surface area contributed by atoms with Crippen molar-refractivity contribution < 1.29 is 14.1 Å². The minimum absolute atomic E-state index is 0.0223. The van der Waals surface area contributed by atoms with E-state index >= 15 is 0 Å². The smallest absolute Gasteiger partial charge is 0.322 e. The summed E-state index contributed by atoms with van der Waals surface area (Å²) in [5, 5.41) is 9.83. The number of allylic oxidation sites excluding steroid dienone is 1. The topological polar surface area (TPSA) is 80.5 Å². The van der Waals surface area contributed by atoms with Crippen molar-refractivity contribution in [3.05, 3.63) is 64.0 Å². The van der Waals surface area contributed by atoms with Gasteiger partial charge >= 0.3 is 6.03 Å². The van der Waals surface area contributed by atoms with E-state index in [-0.39, 0.29) is 12.1 Å². The summed E-state index contributed by atoms with van der Waals surface area (Å²) in [6, 6.07) is 10.7. The Kier molecular flexibility index (Phi) is 5.52. The number of nitrogens with zero attached hydrogens (tertiary/aromatic N) is 3. The number of rotatable bonds is 5. The zero-order valence-corrected chi connectivity index (χ0v) is 18.4. The van der Waals surface area contributed by atoms with E-state index in [1.54, 1.807) is 22.3 Å². The Morgan fingerprint density at radius 2 is 2.23 bits per heavy atom. The quantitative estimate of drug-likeness (QED) is 0.575. The molecule has 1 fully saturated rings. The number of aromatic nitrogens is 2. The number of carbonyl (C=O) groups is 1. The summed E-state index contributed by atoms with van der Waals surface area (Å²) in [6.07, 6.45) is 1.97. The molecule has 2 unspecified atom stereocenters. The molecular formula is C22H21ClN4O3S. The first kappa shape index (κ1) is 20.2. The Balaban J connectivity index is 1.58. The molecule has 2 atom stereocenters. The van der Waals surface area contributed by atoms with Gasteiger partial charge in [-0.3, -0.25) is 4.90 Å². The van der Waals surface area contributed by atoms with Crippen LogP contribution < -0.4 is 5.32 Å². The van der Waals surface area contributed by atoms with E-state index in [0.29, 0.717) is 23.3 Å². The van der Waals surface area contributed by atoms with E-state index < -0.39 is 6.04 Å². The minimum Gasteiger partial charge on any atom is -0.376 e. The van der Waals surface area contributed by atoms with Gasteiger partial charge in [-0.15, -0.1) is 11.3 Å². The fraction of sp³-hybridized carbons (Fsp3) is 0.318. The van der Waals surface area contributed by atoms with Gasteiger partial charge in [-0.1, -0.05) is 35.0 Å². The first-order valence-electron chi connectivity index (χ1n) is 10.1. The number of hydrogen-bond donors (Lipinski definition) is 1. The van der Waals surface area contributed by atoms with Crippen LogP contribution in [-0.2, 0) is 4.74 Å².